The van der Waals surface area contributed by atoms with E-state index in [9.17, 15) is 9.18 Å². The Morgan fingerprint density at radius 1 is 1.62 bits per heavy atom. The summed E-state index contributed by atoms with van der Waals surface area (Å²) in [4.78, 5) is 11.4. The van der Waals surface area contributed by atoms with Crippen molar-refractivity contribution in [1.82, 2.24) is 0 Å². The van der Waals surface area contributed by atoms with Gasteiger partial charge < -0.3 is 10.4 Å². The number of nitrogens with one attached hydrogen (secondary N) is 1. The molecule has 0 aliphatic carbocycles. The van der Waals surface area contributed by atoms with Gasteiger partial charge in [0.1, 0.15) is 5.82 Å². The largest absolute Gasteiger partial charge is 0.393 e. The third-order valence-electron chi connectivity index (χ3n) is 1.99. The smallest absolute Gasteiger partial charge is 0.224 e. The minimum Gasteiger partial charge on any atom is -0.393 e. The number of carbonyl (C=O) groups is 1. The molecule has 0 fully saturated rings. The molecule has 1 unspecified atom stereocenters. The van der Waals surface area contributed by atoms with E-state index in [2.05, 4.69) is 5.32 Å². The van der Waals surface area contributed by atoms with E-state index in [4.69, 9.17) is 5.11 Å². The zero-order valence-corrected chi connectivity index (χ0v) is 11.0. The van der Waals surface area contributed by atoms with Gasteiger partial charge in [-0.05, 0) is 54.1 Å². The highest BCUT2D eigenvalue weighted by molar-refractivity contribution is 14.1. The van der Waals surface area contributed by atoms with Crippen LogP contribution in [0.25, 0.3) is 0 Å². The average Bonchev–Trinajstić information content (AvgIpc) is 2.19. The number of carbonyl (C=O) groups excluding carboxylic acids is 1. The third kappa shape index (κ3) is 4.44. The first-order valence-electron chi connectivity index (χ1n) is 4.92. The summed E-state index contributed by atoms with van der Waals surface area (Å²) >= 11 is 1.96. The first-order valence-corrected chi connectivity index (χ1v) is 6.00. The second-order valence-corrected chi connectivity index (χ2v) is 4.72. The molecule has 1 atom stereocenters. The summed E-state index contributed by atoms with van der Waals surface area (Å²) in [6, 6.07) is 4.18. The van der Waals surface area contributed by atoms with Crippen LogP contribution in [0, 0.1) is 9.39 Å². The molecule has 0 saturated carbocycles. The molecule has 0 spiro atoms. The molecule has 0 bridgehead atoms. The minimum atomic E-state index is -0.488. The SMILES string of the molecule is CC(O)CCC(=O)Nc1ccc(F)cc1I. The van der Waals surface area contributed by atoms with E-state index >= 15 is 0 Å². The number of hydrogen-bond donors (Lipinski definition) is 2. The fourth-order valence-electron chi connectivity index (χ4n) is 1.14. The standard InChI is InChI=1S/C11H13FINO2/c1-7(15)2-5-11(16)14-10-4-3-8(12)6-9(10)13/h3-4,6-7,15H,2,5H2,1H3,(H,14,16). The van der Waals surface area contributed by atoms with Crippen molar-refractivity contribution in [3.05, 3.63) is 27.6 Å². The van der Waals surface area contributed by atoms with Crippen LogP contribution >= 0.6 is 22.6 Å². The molecule has 1 amide bonds. The predicted octanol–water partition coefficient (Wildman–Crippen LogP) is 2.53. The quantitative estimate of drug-likeness (QED) is 0.830. The van der Waals surface area contributed by atoms with Crippen molar-refractivity contribution in [3.63, 3.8) is 0 Å². The number of aliphatic hydroxyl groups is 1. The zero-order valence-electron chi connectivity index (χ0n) is 8.84. The Morgan fingerprint density at radius 2 is 2.31 bits per heavy atom. The number of halogens is 2. The summed E-state index contributed by atoms with van der Waals surface area (Å²) in [5.41, 5.74) is 0.595. The number of aliphatic hydroxyl groups excluding tert-OH is 1. The lowest BCUT2D eigenvalue weighted by molar-refractivity contribution is -0.116. The summed E-state index contributed by atoms with van der Waals surface area (Å²) < 4.78 is 13.4. The van der Waals surface area contributed by atoms with Crippen LogP contribution in [0.1, 0.15) is 19.8 Å². The summed E-state index contributed by atoms with van der Waals surface area (Å²) in [5, 5.41) is 11.7. The molecular formula is C11H13FINO2. The number of hydrogen-bond acceptors (Lipinski definition) is 2. The monoisotopic (exact) mass is 337 g/mol. The molecule has 0 aromatic heterocycles. The molecule has 3 nitrogen and oxygen atoms in total. The van der Waals surface area contributed by atoms with E-state index in [1.165, 1.54) is 18.2 Å². The zero-order chi connectivity index (χ0) is 12.1. The molecule has 0 radical (unpaired) electrons. The van der Waals surface area contributed by atoms with Gasteiger partial charge in [-0.1, -0.05) is 0 Å². The molecule has 88 valence electrons. The Balaban J connectivity index is 2.56. The summed E-state index contributed by atoms with van der Waals surface area (Å²) in [6.45, 7) is 1.63. The van der Waals surface area contributed by atoms with E-state index < -0.39 is 6.10 Å². The van der Waals surface area contributed by atoms with Crippen molar-refractivity contribution >= 4 is 34.2 Å². The van der Waals surface area contributed by atoms with Gasteiger partial charge in [0.15, 0.2) is 0 Å². The van der Waals surface area contributed by atoms with Crippen molar-refractivity contribution in [2.24, 2.45) is 0 Å². The van der Waals surface area contributed by atoms with Gasteiger partial charge in [0.2, 0.25) is 5.91 Å². The predicted molar refractivity (Wildman–Crippen MR) is 68.7 cm³/mol. The molecule has 2 N–H and O–H groups in total. The summed E-state index contributed by atoms with van der Waals surface area (Å²) in [6.07, 6.45) is 0.187. The molecule has 0 aliphatic heterocycles. The molecule has 0 heterocycles. The molecule has 0 aliphatic rings. The first-order chi connectivity index (χ1) is 7.49. The fraction of sp³-hybridized carbons (Fsp3) is 0.364. The number of anilines is 1. The Hall–Kier alpha value is -0.690. The van der Waals surface area contributed by atoms with Crippen molar-refractivity contribution in [3.8, 4) is 0 Å². The van der Waals surface area contributed by atoms with Crippen LogP contribution in [0.3, 0.4) is 0 Å². The highest BCUT2D eigenvalue weighted by Crippen LogP contribution is 2.19. The second-order valence-electron chi connectivity index (χ2n) is 3.56. The Bertz CT molecular complexity index is 382. The average molecular weight is 337 g/mol. The van der Waals surface area contributed by atoms with Gasteiger partial charge in [0.25, 0.3) is 0 Å². The van der Waals surface area contributed by atoms with Gasteiger partial charge in [-0.3, -0.25) is 4.79 Å². The highest BCUT2D eigenvalue weighted by Gasteiger charge is 2.07. The maximum absolute atomic E-state index is 12.8. The van der Waals surface area contributed by atoms with Crippen LogP contribution in [0.5, 0.6) is 0 Å². The molecule has 1 rings (SSSR count). The van der Waals surface area contributed by atoms with E-state index in [0.717, 1.165) is 0 Å². The topological polar surface area (TPSA) is 49.3 Å². The first kappa shape index (κ1) is 13.4. The fourth-order valence-corrected chi connectivity index (χ4v) is 1.76. The van der Waals surface area contributed by atoms with Crippen molar-refractivity contribution in [2.45, 2.75) is 25.9 Å². The van der Waals surface area contributed by atoms with Crippen LogP contribution in [0.4, 0.5) is 10.1 Å². The molecule has 16 heavy (non-hydrogen) atoms. The van der Waals surface area contributed by atoms with Gasteiger partial charge in [0, 0.05) is 9.99 Å². The number of amides is 1. The third-order valence-corrected chi connectivity index (χ3v) is 2.89. The van der Waals surface area contributed by atoms with Crippen LogP contribution in [0.2, 0.25) is 0 Å². The molecular weight excluding hydrogens is 324 g/mol. The molecule has 1 aromatic carbocycles. The van der Waals surface area contributed by atoms with Crippen molar-refractivity contribution < 1.29 is 14.3 Å². The Labute approximate surface area is 107 Å². The Morgan fingerprint density at radius 3 is 2.88 bits per heavy atom. The molecule has 0 saturated heterocycles. The van der Waals surface area contributed by atoms with Gasteiger partial charge in [0.05, 0.1) is 11.8 Å². The highest BCUT2D eigenvalue weighted by atomic mass is 127. The van der Waals surface area contributed by atoms with Gasteiger partial charge in [-0.15, -0.1) is 0 Å². The Kier molecular flexibility index (Phi) is 5.14. The second kappa shape index (κ2) is 6.15. The summed E-state index contributed by atoms with van der Waals surface area (Å²) in [7, 11) is 0. The van der Waals surface area contributed by atoms with Crippen LogP contribution in [-0.4, -0.2) is 17.1 Å². The van der Waals surface area contributed by atoms with Gasteiger partial charge in [-0.2, -0.15) is 0 Å². The molecule has 1 aromatic rings. The number of benzene rings is 1. The normalized spacial score (nSPS) is 12.2. The van der Waals surface area contributed by atoms with E-state index in [1.54, 1.807) is 6.92 Å². The van der Waals surface area contributed by atoms with Crippen LogP contribution in [-0.2, 0) is 4.79 Å². The van der Waals surface area contributed by atoms with E-state index in [-0.39, 0.29) is 18.1 Å². The maximum Gasteiger partial charge on any atom is 0.224 e. The van der Waals surface area contributed by atoms with Crippen molar-refractivity contribution in [1.29, 1.82) is 0 Å². The van der Waals surface area contributed by atoms with Gasteiger partial charge >= 0.3 is 0 Å². The lowest BCUT2D eigenvalue weighted by atomic mass is 10.2. The van der Waals surface area contributed by atoms with Gasteiger partial charge in [-0.25, -0.2) is 4.39 Å². The van der Waals surface area contributed by atoms with Crippen LogP contribution < -0.4 is 5.32 Å². The van der Waals surface area contributed by atoms with Crippen molar-refractivity contribution in [2.75, 3.05) is 5.32 Å². The lowest BCUT2D eigenvalue weighted by Gasteiger charge is -2.08. The van der Waals surface area contributed by atoms with Crippen LogP contribution in [0.15, 0.2) is 18.2 Å². The van der Waals surface area contributed by atoms with E-state index in [0.29, 0.717) is 15.7 Å². The van der Waals surface area contributed by atoms with E-state index in [1.807, 2.05) is 22.6 Å². The minimum absolute atomic E-state index is 0.176. The number of rotatable bonds is 4. The summed E-state index contributed by atoms with van der Waals surface area (Å²) in [5.74, 6) is -0.503. The maximum atomic E-state index is 12.8. The lowest BCUT2D eigenvalue weighted by Crippen LogP contribution is -2.14. The molecule has 5 heteroatoms.